The Morgan fingerprint density at radius 1 is 1.11 bits per heavy atom. The van der Waals surface area contributed by atoms with Gasteiger partial charge in [-0.1, -0.05) is 41.9 Å². The first-order chi connectivity index (χ1) is 12.8. The number of carbonyl (C=O) groups excluding carboxylic acids is 2. The zero-order valence-electron chi connectivity index (χ0n) is 16.1. The lowest BCUT2D eigenvalue weighted by Crippen LogP contribution is -2.24. The van der Waals surface area contributed by atoms with Crippen LogP contribution in [0.3, 0.4) is 0 Å². The van der Waals surface area contributed by atoms with E-state index in [0.29, 0.717) is 35.1 Å². The summed E-state index contributed by atoms with van der Waals surface area (Å²) in [7, 11) is 3.35. The topological polar surface area (TPSA) is 58.6 Å². The normalized spacial score (nSPS) is 10.6. The summed E-state index contributed by atoms with van der Waals surface area (Å²) < 4.78 is 6.60. The Hall–Kier alpha value is -2.34. The second kappa shape index (κ2) is 9.55. The van der Waals surface area contributed by atoms with Crippen molar-refractivity contribution in [3.8, 4) is 5.75 Å². The number of nitrogens with one attached hydrogen (secondary N) is 1. The molecule has 0 aliphatic heterocycles. The zero-order chi connectivity index (χ0) is 20.0. The van der Waals surface area contributed by atoms with Crippen molar-refractivity contribution in [3.05, 3.63) is 58.1 Å². The molecule has 27 heavy (non-hydrogen) atoms. The van der Waals surface area contributed by atoms with Crippen molar-refractivity contribution in [2.24, 2.45) is 5.92 Å². The Balaban J connectivity index is 2.26. The Morgan fingerprint density at radius 2 is 1.81 bits per heavy atom. The maximum Gasteiger partial charge on any atom is 0.259 e. The van der Waals surface area contributed by atoms with Gasteiger partial charge in [-0.15, -0.1) is 0 Å². The SMILES string of the molecule is CC(C)CCOc1ccc(Br)cc1C(=O)Nc1ccccc1C(=O)N(C)C. The van der Waals surface area contributed by atoms with Crippen molar-refractivity contribution in [3.63, 3.8) is 0 Å². The molecule has 2 aromatic rings. The van der Waals surface area contributed by atoms with Crippen LogP contribution < -0.4 is 10.1 Å². The van der Waals surface area contributed by atoms with Crippen LogP contribution in [0.5, 0.6) is 5.75 Å². The molecule has 2 amide bonds. The Morgan fingerprint density at radius 3 is 2.48 bits per heavy atom. The van der Waals surface area contributed by atoms with Crippen LogP contribution in [-0.2, 0) is 0 Å². The second-order valence-electron chi connectivity index (χ2n) is 6.87. The molecular formula is C21H25BrN2O3. The molecule has 2 aromatic carbocycles. The minimum Gasteiger partial charge on any atom is -0.493 e. The largest absolute Gasteiger partial charge is 0.493 e. The average Bonchev–Trinajstić information content (AvgIpc) is 2.62. The van der Waals surface area contributed by atoms with Gasteiger partial charge < -0.3 is 15.0 Å². The number of para-hydroxylation sites is 1. The quantitative estimate of drug-likeness (QED) is 0.681. The van der Waals surface area contributed by atoms with Crippen molar-refractivity contribution in [1.82, 2.24) is 4.90 Å². The number of rotatable bonds is 7. The Kier molecular flexibility index (Phi) is 7.42. The first kappa shape index (κ1) is 21.0. The molecule has 0 fully saturated rings. The predicted molar refractivity (Wildman–Crippen MR) is 112 cm³/mol. The molecule has 6 heteroatoms. The summed E-state index contributed by atoms with van der Waals surface area (Å²) in [5.41, 5.74) is 1.32. The summed E-state index contributed by atoms with van der Waals surface area (Å²) in [6, 6.07) is 12.3. The van der Waals surface area contributed by atoms with Crippen molar-refractivity contribution in [1.29, 1.82) is 0 Å². The maximum absolute atomic E-state index is 12.9. The third-order valence-electron chi connectivity index (χ3n) is 3.95. The van der Waals surface area contributed by atoms with E-state index in [4.69, 9.17) is 4.74 Å². The highest BCUT2D eigenvalue weighted by Gasteiger charge is 2.18. The molecule has 144 valence electrons. The fraction of sp³-hybridized carbons (Fsp3) is 0.333. The molecule has 0 atom stereocenters. The van der Waals surface area contributed by atoms with Gasteiger partial charge in [0, 0.05) is 18.6 Å². The highest BCUT2D eigenvalue weighted by Crippen LogP contribution is 2.26. The van der Waals surface area contributed by atoms with E-state index >= 15 is 0 Å². The fourth-order valence-corrected chi connectivity index (χ4v) is 2.78. The van der Waals surface area contributed by atoms with Crippen LogP contribution in [0.2, 0.25) is 0 Å². The van der Waals surface area contributed by atoms with E-state index in [-0.39, 0.29) is 11.8 Å². The highest BCUT2D eigenvalue weighted by molar-refractivity contribution is 9.10. The molecule has 5 nitrogen and oxygen atoms in total. The number of amides is 2. The molecule has 0 aliphatic carbocycles. The van der Waals surface area contributed by atoms with Crippen LogP contribution in [0, 0.1) is 5.92 Å². The van der Waals surface area contributed by atoms with E-state index in [9.17, 15) is 9.59 Å². The number of nitrogens with zero attached hydrogens (tertiary/aromatic N) is 1. The molecule has 0 heterocycles. The van der Waals surface area contributed by atoms with Crippen LogP contribution in [0.15, 0.2) is 46.9 Å². The molecule has 0 saturated heterocycles. The summed E-state index contributed by atoms with van der Waals surface area (Å²) in [6.45, 7) is 4.78. The van der Waals surface area contributed by atoms with Gasteiger partial charge in [0.15, 0.2) is 0 Å². The smallest absolute Gasteiger partial charge is 0.259 e. The summed E-state index contributed by atoms with van der Waals surface area (Å²) in [5, 5.41) is 2.84. The van der Waals surface area contributed by atoms with Gasteiger partial charge in [0.2, 0.25) is 0 Å². The van der Waals surface area contributed by atoms with Gasteiger partial charge >= 0.3 is 0 Å². The number of hydrogen-bond acceptors (Lipinski definition) is 3. The molecule has 2 rings (SSSR count). The Labute approximate surface area is 168 Å². The van der Waals surface area contributed by atoms with Crippen molar-refractivity contribution >= 4 is 33.4 Å². The van der Waals surface area contributed by atoms with Crippen LogP contribution in [-0.4, -0.2) is 37.4 Å². The van der Waals surface area contributed by atoms with Gasteiger partial charge in [-0.25, -0.2) is 0 Å². The van der Waals surface area contributed by atoms with E-state index in [0.717, 1.165) is 10.9 Å². The van der Waals surface area contributed by atoms with Gasteiger partial charge in [-0.3, -0.25) is 9.59 Å². The molecule has 0 bridgehead atoms. The first-order valence-electron chi connectivity index (χ1n) is 8.84. The van der Waals surface area contributed by atoms with Crippen molar-refractivity contribution < 1.29 is 14.3 Å². The lowest BCUT2D eigenvalue weighted by Gasteiger charge is -2.16. The second-order valence-corrected chi connectivity index (χ2v) is 7.79. The third kappa shape index (κ3) is 5.82. The van der Waals surface area contributed by atoms with Gasteiger partial charge in [0.1, 0.15) is 5.75 Å². The molecule has 0 aromatic heterocycles. The lowest BCUT2D eigenvalue weighted by molar-refractivity contribution is 0.0828. The number of hydrogen-bond donors (Lipinski definition) is 1. The van der Waals surface area contributed by atoms with E-state index in [1.54, 1.807) is 50.5 Å². The summed E-state index contributed by atoms with van der Waals surface area (Å²) in [6.07, 6.45) is 0.900. The lowest BCUT2D eigenvalue weighted by atomic mass is 10.1. The monoisotopic (exact) mass is 432 g/mol. The van der Waals surface area contributed by atoms with Gasteiger partial charge in [-0.05, 0) is 42.7 Å². The summed E-state index contributed by atoms with van der Waals surface area (Å²) >= 11 is 3.40. The van der Waals surface area contributed by atoms with Gasteiger partial charge in [0.05, 0.1) is 23.4 Å². The number of halogens is 1. The molecular weight excluding hydrogens is 408 g/mol. The van der Waals surface area contributed by atoms with Crippen LogP contribution in [0.25, 0.3) is 0 Å². The van der Waals surface area contributed by atoms with Gasteiger partial charge in [0.25, 0.3) is 11.8 Å². The molecule has 0 radical (unpaired) electrons. The molecule has 0 unspecified atom stereocenters. The van der Waals surface area contributed by atoms with Crippen LogP contribution in [0.4, 0.5) is 5.69 Å². The zero-order valence-corrected chi connectivity index (χ0v) is 17.7. The van der Waals surface area contributed by atoms with Gasteiger partial charge in [-0.2, -0.15) is 0 Å². The highest BCUT2D eigenvalue weighted by atomic mass is 79.9. The van der Waals surface area contributed by atoms with E-state index in [1.807, 2.05) is 6.07 Å². The minimum absolute atomic E-state index is 0.173. The van der Waals surface area contributed by atoms with E-state index in [2.05, 4.69) is 35.1 Å². The number of carbonyl (C=O) groups is 2. The Bertz CT molecular complexity index is 819. The summed E-state index contributed by atoms with van der Waals surface area (Å²) in [4.78, 5) is 26.7. The molecule has 0 spiro atoms. The van der Waals surface area contributed by atoms with E-state index < -0.39 is 0 Å². The third-order valence-corrected chi connectivity index (χ3v) is 4.44. The van der Waals surface area contributed by atoms with E-state index in [1.165, 1.54) is 4.90 Å². The number of benzene rings is 2. The predicted octanol–water partition coefficient (Wildman–Crippen LogP) is 4.83. The maximum atomic E-state index is 12.9. The average molecular weight is 433 g/mol. The molecule has 0 saturated carbocycles. The summed E-state index contributed by atoms with van der Waals surface area (Å²) in [5.74, 6) is 0.540. The van der Waals surface area contributed by atoms with Crippen molar-refractivity contribution in [2.45, 2.75) is 20.3 Å². The standard InChI is InChI=1S/C21H25BrN2O3/c1-14(2)11-12-27-19-10-9-15(22)13-17(19)20(25)23-18-8-6-5-7-16(18)21(26)24(3)4/h5-10,13-14H,11-12H2,1-4H3,(H,23,25). The fourth-order valence-electron chi connectivity index (χ4n) is 2.42. The number of anilines is 1. The first-order valence-corrected chi connectivity index (χ1v) is 9.63. The molecule has 0 aliphatic rings. The number of ether oxygens (including phenoxy) is 1. The van der Waals surface area contributed by atoms with Crippen LogP contribution >= 0.6 is 15.9 Å². The minimum atomic E-state index is -0.324. The van der Waals surface area contributed by atoms with Crippen LogP contribution in [0.1, 0.15) is 41.0 Å². The van der Waals surface area contributed by atoms with Crippen molar-refractivity contribution in [2.75, 3.05) is 26.0 Å². The molecule has 1 N–H and O–H groups in total.